The monoisotopic (exact) mass is 271 g/mol. The molecule has 2 rings (SSSR count). The van der Waals surface area contributed by atoms with Gasteiger partial charge in [0.15, 0.2) is 0 Å². The first kappa shape index (κ1) is 14.7. The Balaban J connectivity index is 2.03. The Bertz CT molecular complexity index is 560. The van der Waals surface area contributed by atoms with Crippen LogP contribution in [0.2, 0.25) is 0 Å². The van der Waals surface area contributed by atoms with E-state index in [0.29, 0.717) is 18.2 Å². The quantitative estimate of drug-likeness (QED) is 0.832. The van der Waals surface area contributed by atoms with Crippen molar-refractivity contribution in [1.82, 2.24) is 5.32 Å². The molecular formula is C18H22FN. The van der Waals surface area contributed by atoms with Crippen LogP contribution < -0.4 is 5.32 Å². The predicted octanol–water partition coefficient (Wildman–Crippen LogP) is 4.68. The Kier molecular flexibility index (Phi) is 4.91. The fourth-order valence-corrected chi connectivity index (χ4v) is 2.28. The second-order valence-electron chi connectivity index (χ2n) is 5.34. The minimum atomic E-state index is -0.132. The molecular weight excluding hydrogens is 249 g/mol. The number of aryl methyl sites for hydroxylation is 2. The van der Waals surface area contributed by atoms with E-state index in [-0.39, 0.29) is 5.82 Å². The molecule has 0 amide bonds. The lowest BCUT2D eigenvalue weighted by molar-refractivity contribution is 0.517. The Morgan fingerprint density at radius 2 is 1.75 bits per heavy atom. The maximum Gasteiger partial charge on any atom is 0.126 e. The van der Waals surface area contributed by atoms with Crippen molar-refractivity contribution < 1.29 is 4.39 Å². The van der Waals surface area contributed by atoms with Gasteiger partial charge in [-0.05, 0) is 43.0 Å². The molecule has 1 nitrogen and oxygen atoms in total. The van der Waals surface area contributed by atoms with Gasteiger partial charge < -0.3 is 5.32 Å². The van der Waals surface area contributed by atoms with Crippen LogP contribution in [0.15, 0.2) is 42.5 Å². The van der Waals surface area contributed by atoms with Gasteiger partial charge in [0.2, 0.25) is 0 Å². The van der Waals surface area contributed by atoms with Crippen molar-refractivity contribution in [1.29, 1.82) is 0 Å². The summed E-state index contributed by atoms with van der Waals surface area (Å²) in [5, 5.41) is 3.50. The van der Waals surface area contributed by atoms with Crippen LogP contribution in [-0.4, -0.2) is 0 Å². The van der Waals surface area contributed by atoms with Crippen molar-refractivity contribution in [2.24, 2.45) is 0 Å². The first-order valence-electron chi connectivity index (χ1n) is 7.15. The number of benzene rings is 2. The van der Waals surface area contributed by atoms with Gasteiger partial charge in [-0.1, -0.05) is 48.9 Å². The number of hydrogen-bond donors (Lipinski definition) is 1. The van der Waals surface area contributed by atoms with E-state index < -0.39 is 0 Å². The summed E-state index contributed by atoms with van der Waals surface area (Å²) in [6.07, 6.45) is 1.01. The van der Waals surface area contributed by atoms with Gasteiger partial charge in [0.05, 0.1) is 0 Å². The summed E-state index contributed by atoms with van der Waals surface area (Å²) in [5.41, 5.74) is 4.23. The molecule has 2 heteroatoms. The lowest BCUT2D eigenvalue weighted by Gasteiger charge is -2.18. The Hall–Kier alpha value is -1.67. The van der Waals surface area contributed by atoms with E-state index in [1.54, 1.807) is 13.0 Å². The maximum atomic E-state index is 13.5. The highest BCUT2D eigenvalue weighted by atomic mass is 19.1. The molecule has 0 radical (unpaired) electrons. The van der Waals surface area contributed by atoms with Gasteiger partial charge in [-0.15, -0.1) is 0 Å². The molecule has 0 heterocycles. The molecule has 1 N–H and O–H groups in total. The molecule has 0 aliphatic heterocycles. The lowest BCUT2D eigenvalue weighted by atomic mass is 10.0. The minimum Gasteiger partial charge on any atom is -0.306 e. The Morgan fingerprint density at radius 1 is 1.05 bits per heavy atom. The van der Waals surface area contributed by atoms with Gasteiger partial charge >= 0.3 is 0 Å². The maximum absolute atomic E-state index is 13.5. The highest BCUT2D eigenvalue weighted by Gasteiger charge is 2.08. The summed E-state index contributed by atoms with van der Waals surface area (Å²) in [6.45, 7) is 6.72. The molecule has 106 valence electrons. The lowest BCUT2D eigenvalue weighted by Crippen LogP contribution is -2.20. The fraction of sp³-hybridized carbons (Fsp3) is 0.333. The summed E-state index contributed by atoms with van der Waals surface area (Å²) in [4.78, 5) is 0. The average Bonchev–Trinajstić information content (AvgIpc) is 2.45. The van der Waals surface area contributed by atoms with Crippen LogP contribution in [0.4, 0.5) is 4.39 Å². The van der Waals surface area contributed by atoms with Crippen LogP contribution in [0.25, 0.3) is 0 Å². The number of halogens is 1. The summed E-state index contributed by atoms with van der Waals surface area (Å²) >= 11 is 0. The molecule has 1 unspecified atom stereocenters. The number of hydrogen-bond acceptors (Lipinski definition) is 1. The molecule has 0 spiro atoms. The van der Waals surface area contributed by atoms with E-state index in [1.165, 1.54) is 11.1 Å². The summed E-state index contributed by atoms with van der Waals surface area (Å²) < 4.78 is 13.5. The van der Waals surface area contributed by atoms with Gasteiger partial charge in [-0.2, -0.15) is 0 Å². The predicted molar refractivity (Wildman–Crippen MR) is 82.2 cm³/mol. The highest BCUT2D eigenvalue weighted by molar-refractivity contribution is 5.25. The normalized spacial score (nSPS) is 12.4. The first-order chi connectivity index (χ1) is 9.60. The number of nitrogens with one attached hydrogen (secondary N) is 1. The molecule has 0 aromatic heterocycles. The molecule has 0 fully saturated rings. The zero-order chi connectivity index (χ0) is 14.5. The Morgan fingerprint density at radius 3 is 2.35 bits per heavy atom. The third kappa shape index (κ3) is 3.67. The van der Waals surface area contributed by atoms with Gasteiger partial charge in [-0.3, -0.25) is 0 Å². The largest absolute Gasteiger partial charge is 0.306 e. The molecule has 0 aliphatic carbocycles. The topological polar surface area (TPSA) is 12.0 Å². The molecule has 1 atom stereocenters. The van der Waals surface area contributed by atoms with E-state index in [9.17, 15) is 4.39 Å². The summed E-state index contributed by atoms with van der Waals surface area (Å²) in [6, 6.07) is 14.3. The fourth-order valence-electron chi connectivity index (χ4n) is 2.28. The second kappa shape index (κ2) is 6.67. The zero-order valence-corrected chi connectivity index (χ0v) is 12.4. The van der Waals surface area contributed by atoms with E-state index in [0.717, 1.165) is 12.0 Å². The van der Waals surface area contributed by atoms with Crippen molar-refractivity contribution in [2.75, 3.05) is 0 Å². The zero-order valence-electron chi connectivity index (χ0n) is 12.4. The first-order valence-corrected chi connectivity index (χ1v) is 7.15. The van der Waals surface area contributed by atoms with Crippen LogP contribution in [0.3, 0.4) is 0 Å². The van der Waals surface area contributed by atoms with Crippen LogP contribution in [-0.2, 0) is 6.54 Å². The van der Waals surface area contributed by atoms with Crippen molar-refractivity contribution >= 4 is 0 Å². The molecule has 0 bridgehead atoms. The smallest absolute Gasteiger partial charge is 0.126 e. The minimum absolute atomic E-state index is 0.132. The van der Waals surface area contributed by atoms with Crippen LogP contribution in [0, 0.1) is 19.7 Å². The van der Waals surface area contributed by atoms with E-state index in [2.05, 4.69) is 43.4 Å². The molecule has 20 heavy (non-hydrogen) atoms. The second-order valence-corrected chi connectivity index (χ2v) is 5.34. The summed E-state index contributed by atoms with van der Waals surface area (Å²) in [5.74, 6) is -0.132. The third-order valence-corrected chi connectivity index (χ3v) is 3.68. The van der Waals surface area contributed by atoms with E-state index in [1.807, 2.05) is 12.1 Å². The van der Waals surface area contributed by atoms with Crippen molar-refractivity contribution in [3.8, 4) is 0 Å². The van der Waals surface area contributed by atoms with Gasteiger partial charge in [0.1, 0.15) is 5.82 Å². The van der Waals surface area contributed by atoms with Gasteiger partial charge in [-0.25, -0.2) is 4.39 Å². The SMILES string of the molecule is CCC(NCc1ccc(C)c(F)c1)c1ccc(C)cc1. The van der Waals surface area contributed by atoms with Crippen molar-refractivity contribution in [3.63, 3.8) is 0 Å². The van der Waals surface area contributed by atoms with E-state index in [4.69, 9.17) is 0 Å². The third-order valence-electron chi connectivity index (χ3n) is 3.68. The molecule has 2 aromatic rings. The summed E-state index contributed by atoms with van der Waals surface area (Å²) in [7, 11) is 0. The number of rotatable bonds is 5. The van der Waals surface area contributed by atoms with Crippen LogP contribution in [0.5, 0.6) is 0 Å². The molecule has 0 saturated carbocycles. The van der Waals surface area contributed by atoms with Crippen molar-refractivity contribution in [2.45, 2.75) is 39.8 Å². The molecule has 0 aliphatic rings. The molecule has 0 saturated heterocycles. The van der Waals surface area contributed by atoms with Crippen molar-refractivity contribution in [3.05, 3.63) is 70.5 Å². The van der Waals surface area contributed by atoms with Gasteiger partial charge in [0.25, 0.3) is 0 Å². The average molecular weight is 271 g/mol. The molecule has 2 aromatic carbocycles. The van der Waals surface area contributed by atoms with Crippen LogP contribution in [0.1, 0.15) is 41.6 Å². The van der Waals surface area contributed by atoms with Crippen LogP contribution >= 0.6 is 0 Å². The van der Waals surface area contributed by atoms with Gasteiger partial charge in [0, 0.05) is 12.6 Å². The Labute approximate surface area is 120 Å². The highest BCUT2D eigenvalue weighted by Crippen LogP contribution is 2.18. The standard InChI is InChI=1S/C18H22FN/c1-4-18(16-9-5-13(2)6-10-16)20-12-15-8-7-14(3)17(19)11-15/h5-11,18,20H,4,12H2,1-3H3. The van der Waals surface area contributed by atoms with E-state index >= 15 is 0 Å².